The summed E-state index contributed by atoms with van der Waals surface area (Å²) in [4.78, 5) is 14.0. The Balaban J connectivity index is 2.86. The van der Waals surface area contributed by atoms with Crippen LogP contribution in [0.1, 0.15) is 25.8 Å². The minimum Gasteiger partial charge on any atom is -0.389 e. The van der Waals surface area contributed by atoms with E-state index in [2.05, 4.69) is 0 Å². The summed E-state index contributed by atoms with van der Waals surface area (Å²) in [5, 5.41) is 0. The van der Waals surface area contributed by atoms with Gasteiger partial charge < -0.3 is 10.6 Å². The monoisotopic (exact) mass is 250 g/mol. The summed E-state index contributed by atoms with van der Waals surface area (Å²) in [5.74, 6) is 0.158. The number of anilines is 1. The van der Waals surface area contributed by atoms with Gasteiger partial charge in [-0.1, -0.05) is 26.1 Å². The number of carbonyl (C=O) groups is 1. The molecule has 1 unspecified atom stereocenters. The topological polar surface area (TPSA) is 46.3 Å². The highest BCUT2D eigenvalue weighted by Crippen LogP contribution is 2.17. The van der Waals surface area contributed by atoms with Crippen molar-refractivity contribution in [3.8, 4) is 0 Å². The Bertz CT molecular complexity index is 414. The molecule has 0 aromatic heterocycles. The molecule has 0 bridgehead atoms. The summed E-state index contributed by atoms with van der Waals surface area (Å²) in [7, 11) is 1.78. The minimum atomic E-state index is 0.0373. The zero-order chi connectivity index (χ0) is 13.0. The molecule has 0 aliphatic carbocycles. The van der Waals surface area contributed by atoms with Crippen molar-refractivity contribution in [2.75, 3.05) is 11.9 Å². The van der Waals surface area contributed by atoms with Crippen LogP contribution in [0.25, 0.3) is 0 Å². The predicted molar refractivity (Wildman–Crippen MR) is 75.2 cm³/mol. The van der Waals surface area contributed by atoms with Crippen molar-refractivity contribution in [2.24, 2.45) is 11.7 Å². The third-order valence-corrected chi connectivity index (χ3v) is 3.14. The van der Waals surface area contributed by atoms with Crippen molar-refractivity contribution in [2.45, 2.75) is 20.3 Å². The number of hydrogen-bond donors (Lipinski definition) is 1. The zero-order valence-electron chi connectivity index (χ0n) is 10.4. The maximum Gasteiger partial charge on any atom is 0.229 e. The molecule has 1 aromatic rings. The third-order valence-electron chi connectivity index (χ3n) is 2.90. The molecule has 0 aliphatic heterocycles. The van der Waals surface area contributed by atoms with Crippen LogP contribution in [0, 0.1) is 5.92 Å². The normalized spacial score (nSPS) is 11.9. The molecule has 0 spiro atoms. The number of amides is 1. The second-order valence-electron chi connectivity index (χ2n) is 4.12. The molecule has 0 saturated carbocycles. The van der Waals surface area contributed by atoms with E-state index in [9.17, 15) is 4.79 Å². The molecule has 3 nitrogen and oxygen atoms in total. The molecule has 0 fully saturated rings. The summed E-state index contributed by atoms with van der Waals surface area (Å²) in [6.45, 7) is 3.94. The van der Waals surface area contributed by atoms with E-state index in [1.807, 2.05) is 38.1 Å². The second-order valence-corrected chi connectivity index (χ2v) is 4.56. The summed E-state index contributed by atoms with van der Waals surface area (Å²) >= 11 is 4.88. The zero-order valence-corrected chi connectivity index (χ0v) is 11.3. The van der Waals surface area contributed by atoms with Gasteiger partial charge in [0.25, 0.3) is 0 Å². The lowest BCUT2D eigenvalue weighted by Gasteiger charge is -2.21. The summed E-state index contributed by atoms with van der Waals surface area (Å²) in [5.41, 5.74) is 7.19. The third kappa shape index (κ3) is 3.27. The summed E-state index contributed by atoms with van der Waals surface area (Å²) in [6, 6.07) is 7.37. The lowest BCUT2D eigenvalue weighted by atomic mass is 10.1. The van der Waals surface area contributed by atoms with Crippen LogP contribution in [0.15, 0.2) is 24.3 Å². The van der Waals surface area contributed by atoms with Gasteiger partial charge in [0, 0.05) is 24.2 Å². The van der Waals surface area contributed by atoms with Crippen LogP contribution >= 0.6 is 12.2 Å². The molecule has 92 valence electrons. The van der Waals surface area contributed by atoms with Gasteiger partial charge in [0.1, 0.15) is 4.99 Å². The first-order chi connectivity index (χ1) is 7.97. The fraction of sp³-hybridized carbons (Fsp3) is 0.385. The fourth-order valence-electron chi connectivity index (χ4n) is 1.48. The van der Waals surface area contributed by atoms with E-state index in [0.29, 0.717) is 4.99 Å². The number of rotatable bonds is 4. The van der Waals surface area contributed by atoms with Crippen LogP contribution in [0.4, 0.5) is 5.69 Å². The Hall–Kier alpha value is -1.42. The number of nitrogens with two attached hydrogens (primary N) is 1. The predicted octanol–water partition coefficient (Wildman–Crippen LogP) is 2.33. The van der Waals surface area contributed by atoms with Gasteiger partial charge in [-0.05, 0) is 30.7 Å². The Morgan fingerprint density at radius 1 is 1.41 bits per heavy atom. The summed E-state index contributed by atoms with van der Waals surface area (Å²) < 4.78 is 0. The van der Waals surface area contributed by atoms with Gasteiger partial charge in [-0.3, -0.25) is 4.79 Å². The highest BCUT2D eigenvalue weighted by molar-refractivity contribution is 7.80. The van der Waals surface area contributed by atoms with E-state index in [0.717, 1.165) is 17.7 Å². The average molecular weight is 250 g/mol. The van der Waals surface area contributed by atoms with Crippen LogP contribution in [-0.2, 0) is 4.79 Å². The van der Waals surface area contributed by atoms with E-state index in [1.54, 1.807) is 11.9 Å². The van der Waals surface area contributed by atoms with Crippen LogP contribution < -0.4 is 10.6 Å². The molecule has 1 atom stereocenters. The second kappa shape index (κ2) is 5.77. The maximum atomic E-state index is 12.0. The fourth-order valence-corrected chi connectivity index (χ4v) is 1.62. The minimum absolute atomic E-state index is 0.0373. The standard InChI is InChI=1S/C13H18N2OS/c1-4-9(2)13(16)15(3)11-7-5-10(6-8-11)12(14)17/h5-9H,4H2,1-3H3,(H2,14,17). The Morgan fingerprint density at radius 3 is 2.35 bits per heavy atom. The van der Waals surface area contributed by atoms with Crippen molar-refractivity contribution >= 4 is 28.8 Å². The maximum absolute atomic E-state index is 12.0. The first kappa shape index (κ1) is 13.6. The van der Waals surface area contributed by atoms with Crippen molar-refractivity contribution in [3.63, 3.8) is 0 Å². The van der Waals surface area contributed by atoms with Gasteiger partial charge in [-0.15, -0.1) is 0 Å². The van der Waals surface area contributed by atoms with E-state index in [-0.39, 0.29) is 11.8 Å². The smallest absolute Gasteiger partial charge is 0.229 e. The molecule has 1 amide bonds. The van der Waals surface area contributed by atoms with Crippen LogP contribution in [-0.4, -0.2) is 17.9 Å². The van der Waals surface area contributed by atoms with Gasteiger partial charge in [0.05, 0.1) is 0 Å². The largest absolute Gasteiger partial charge is 0.389 e. The molecule has 1 aromatic carbocycles. The molecule has 0 aliphatic rings. The molecule has 1 rings (SSSR count). The van der Waals surface area contributed by atoms with Crippen LogP contribution in [0.5, 0.6) is 0 Å². The Morgan fingerprint density at radius 2 is 1.94 bits per heavy atom. The van der Waals surface area contributed by atoms with E-state index >= 15 is 0 Å². The molecular formula is C13H18N2OS. The molecule has 0 heterocycles. The summed E-state index contributed by atoms with van der Waals surface area (Å²) in [6.07, 6.45) is 0.841. The van der Waals surface area contributed by atoms with Crippen molar-refractivity contribution in [1.29, 1.82) is 0 Å². The van der Waals surface area contributed by atoms with Crippen LogP contribution in [0.2, 0.25) is 0 Å². The number of thiocarbonyl (C=S) groups is 1. The molecule has 0 radical (unpaired) electrons. The first-order valence-electron chi connectivity index (χ1n) is 5.64. The SMILES string of the molecule is CCC(C)C(=O)N(C)c1ccc(C(N)=S)cc1. The van der Waals surface area contributed by atoms with Gasteiger partial charge in [-0.2, -0.15) is 0 Å². The lowest BCUT2D eigenvalue weighted by molar-refractivity contribution is -0.121. The van der Waals surface area contributed by atoms with Gasteiger partial charge in [0.2, 0.25) is 5.91 Å². The number of hydrogen-bond acceptors (Lipinski definition) is 2. The Labute approximate surface area is 108 Å². The highest BCUT2D eigenvalue weighted by atomic mass is 32.1. The number of benzene rings is 1. The quantitative estimate of drug-likeness (QED) is 0.834. The van der Waals surface area contributed by atoms with Gasteiger partial charge in [-0.25, -0.2) is 0 Å². The van der Waals surface area contributed by atoms with Gasteiger partial charge in [0.15, 0.2) is 0 Å². The Kier molecular flexibility index (Phi) is 4.63. The average Bonchev–Trinajstić information content (AvgIpc) is 2.36. The van der Waals surface area contributed by atoms with E-state index in [4.69, 9.17) is 18.0 Å². The van der Waals surface area contributed by atoms with Crippen molar-refractivity contribution < 1.29 is 4.79 Å². The number of carbonyl (C=O) groups excluding carboxylic acids is 1. The first-order valence-corrected chi connectivity index (χ1v) is 6.05. The van der Waals surface area contributed by atoms with Crippen molar-refractivity contribution in [3.05, 3.63) is 29.8 Å². The molecular weight excluding hydrogens is 232 g/mol. The lowest BCUT2D eigenvalue weighted by Crippen LogP contribution is -2.31. The molecule has 0 saturated heterocycles. The number of nitrogens with zero attached hydrogens (tertiary/aromatic N) is 1. The van der Waals surface area contributed by atoms with Crippen molar-refractivity contribution in [1.82, 2.24) is 0 Å². The molecule has 4 heteroatoms. The molecule has 2 N–H and O–H groups in total. The van der Waals surface area contributed by atoms with Gasteiger partial charge >= 0.3 is 0 Å². The van der Waals surface area contributed by atoms with Crippen LogP contribution in [0.3, 0.4) is 0 Å². The van der Waals surface area contributed by atoms with E-state index in [1.165, 1.54) is 0 Å². The molecule has 17 heavy (non-hydrogen) atoms. The highest BCUT2D eigenvalue weighted by Gasteiger charge is 2.16. The van der Waals surface area contributed by atoms with E-state index < -0.39 is 0 Å².